The first-order valence-electron chi connectivity index (χ1n) is 9.66. The lowest BCUT2D eigenvalue weighted by Gasteiger charge is -2.13. The molecule has 1 heterocycles. The molecule has 1 fully saturated rings. The van der Waals surface area contributed by atoms with Crippen molar-refractivity contribution >= 4 is 85.8 Å². The minimum Gasteiger partial charge on any atom is -0.487 e. The predicted octanol–water partition coefficient (Wildman–Crippen LogP) is 7.50. The Kier molecular flexibility index (Phi) is 7.98. The van der Waals surface area contributed by atoms with Gasteiger partial charge in [-0.2, -0.15) is 0 Å². The maximum atomic E-state index is 13.1. The lowest BCUT2D eigenvalue weighted by Crippen LogP contribution is -2.27. The van der Waals surface area contributed by atoms with Gasteiger partial charge in [-0.1, -0.05) is 35.9 Å². The number of halogens is 4. The van der Waals surface area contributed by atoms with Crippen LogP contribution in [0, 0.1) is 13.0 Å². The second kappa shape index (κ2) is 10.7. The molecule has 4 nitrogen and oxygen atoms in total. The van der Waals surface area contributed by atoms with Crippen molar-refractivity contribution in [1.29, 1.82) is 0 Å². The molecule has 1 saturated heterocycles. The van der Waals surface area contributed by atoms with E-state index in [1.165, 1.54) is 17.0 Å². The molecule has 3 aromatic carbocycles. The van der Waals surface area contributed by atoms with Crippen molar-refractivity contribution < 1.29 is 18.7 Å². The van der Waals surface area contributed by atoms with Gasteiger partial charge in [0.25, 0.3) is 11.1 Å². The summed E-state index contributed by atoms with van der Waals surface area (Å²) in [6.07, 6.45) is 1.72. The van der Waals surface area contributed by atoms with E-state index < -0.39 is 0 Å². The highest BCUT2D eigenvalue weighted by atomic mass is 127. The van der Waals surface area contributed by atoms with Crippen molar-refractivity contribution in [2.45, 2.75) is 13.2 Å². The molecular weight excluding hydrogens is 691 g/mol. The number of carbonyl (C=O) groups excluding carboxylic acids is 2. The summed E-state index contributed by atoms with van der Waals surface area (Å²) in [6, 6.07) is 17.0. The molecule has 1 aliphatic heterocycles. The van der Waals surface area contributed by atoms with E-state index in [2.05, 4.69) is 45.2 Å². The van der Waals surface area contributed by atoms with Crippen molar-refractivity contribution in [3.63, 3.8) is 0 Å². The molecule has 3 aromatic rings. The molecule has 0 radical (unpaired) electrons. The van der Waals surface area contributed by atoms with Crippen LogP contribution in [0.2, 0.25) is 5.02 Å². The number of nitrogens with zero attached hydrogens (tertiary/aromatic N) is 1. The van der Waals surface area contributed by atoms with Crippen LogP contribution in [-0.4, -0.2) is 16.0 Å². The molecule has 2 amide bonds. The lowest BCUT2D eigenvalue weighted by atomic mass is 10.2. The Labute approximate surface area is 226 Å². The number of hydrogen-bond donors (Lipinski definition) is 0. The van der Waals surface area contributed by atoms with Crippen LogP contribution >= 0.6 is 68.5 Å². The summed E-state index contributed by atoms with van der Waals surface area (Å²) in [4.78, 5) is 26.9. The van der Waals surface area contributed by atoms with Crippen molar-refractivity contribution in [1.82, 2.24) is 4.90 Å². The van der Waals surface area contributed by atoms with Gasteiger partial charge >= 0.3 is 0 Å². The van der Waals surface area contributed by atoms with E-state index in [0.717, 1.165) is 35.6 Å². The third-order valence-corrected chi connectivity index (χ3v) is 7.50. The van der Waals surface area contributed by atoms with Crippen LogP contribution in [0.25, 0.3) is 6.08 Å². The number of rotatable bonds is 6. The molecule has 0 spiro atoms. The highest BCUT2D eigenvalue weighted by molar-refractivity contribution is 14.1. The van der Waals surface area contributed by atoms with E-state index in [1.807, 2.05) is 12.1 Å². The summed E-state index contributed by atoms with van der Waals surface area (Å²) in [6.45, 7) is 0.514. The number of ether oxygens (including phenoxy) is 1. The summed E-state index contributed by atoms with van der Waals surface area (Å²) in [7, 11) is 0. The van der Waals surface area contributed by atoms with Gasteiger partial charge in [-0.3, -0.25) is 14.5 Å². The van der Waals surface area contributed by atoms with Gasteiger partial charge < -0.3 is 4.74 Å². The Balaban J connectivity index is 1.49. The smallest absolute Gasteiger partial charge is 0.293 e. The van der Waals surface area contributed by atoms with Crippen LogP contribution in [0.3, 0.4) is 0 Å². The molecule has 33 heavy (non-hydrogen) atoms. The van der Waals surface area contributed by atoms with E-state index in [1.54, 1.807) is 42.5 Å². The quantitative estimate of drug-likeness (QED) is 0.197. The number of carbonyl (C=O) groups is 2. The fraction of sp³-hybridized carbons (Fsp3) is 0.0833. The van der Waals surface area contributed by atoms with Crippen LogP contribution in [0.1, 0.15) is 16.7 Å². The number of hydrogen-bond acceptors (Lipinski definition) is 4. The standard InChI is InChI=1S/C24H15ClFI2NO3S/c25-17-5-1-14(2-6-17)12-29-23(30)21(33-24(29)31)11-16-9-19(27)22(20(28)10-16)32-13-15-3-7-18(26)8-4-15/h1-11H,12-13H2/b21-11-. The molecule has 9 heteroatoms. The molecule has 4 rings (SSSR count). The second-order valence-electron chi connectivity index (χ2n) is 7.12. The number of imide groups is 1. The summed E-state index contributed by atoms with van der Waals surface area (Å²) in [5.41, 5.74) is 2.49. The zero-order valence-corrected chi connectivity index (χ0v) is 22.7. The average molecular weight is 706 g/mol. The minimum absolute atomic E-state index is 0.199. The van der Waals surface area contributed by atoms with E-state index >= 15 is 0 Å². The molecule has 168 valence electrons. The van der Waals surface area contributed by atoms with E-state index in [9.17, 15) is 14.0 Å². The first-order valence-corrected chi connectivity index (χ1v) is 13.0. The topological polar surface area (TPSA) is 46.6 Å². The van der Waals surface area contributed by atoms with Crippen molar-refractivity contribution in [3.05, 3.63) is 100 Å². The first kappa shape index (κ1) is 24.5. The van der Waals surface area contributed by atoms with Gasteiger partial charge in [0.05, 0.1) is 18.6 Å². The van der Waals surface area contributed by atoms with Gasteiger partial charge in [0.2, 0.25) is 0 Å². The Bertz CT molecular complexity index is 1230. The van der Waals surface area contributed by atoms with Crippen LogP contribution in [0.15, 0.2) is 65.6 Å². The van der Waals surface area contributed by atoms with E-state index in [-0.39, 0.29) is 23.5 Å². The molecule has 0 bridgehead atoms. The minimum atomic E-state index is -0.318. The second-order valence-corrected chi connectivity index (χ2v) is 10.9. The lowest BCUT2D eigenvalue weighted by molar-refractivity contribution is -0.123. The number of benzene rings is 3. The number of thioether (sulfide) groups is 1. The maximum absolute atomic E-state index is 13.1. The highest BCUT2D eigenvalue weighted by Crippen LogP contribution is 2.35. The Morgan fingerprint density at radius 3 is 2.21 bits per heavy atom. The van der Waals surface area contributed by atoms with Crippen LogP contribution in [-0.2, 0) is 17.9 Å². The molecular formula is C24H15ClFI2NO3S. The molecule has 0 saturated carbocycles. The van der Waals surface area contributed by atoms with Crippen molar-refractivity contribution in [2.75, 3.05) is 0 Å². The van der Waals surface area contributed by atoms with E-state index in [0.29, 0.717) is 22.3 Å². The third kappa shape index (κ3) is 6.09. The summed E-state index contributed by atoms with van der Waals surface area (Å²) < 4.78 is 20.8. The normalized spacial score (nSPS) is 14.9. The predicted molar refractivity (Wildman–Crippen MR) is 146 cm³/mol. The van der Waals surface area contributed by atoms with E-state index in [4.69, 9.17) is 16.3 Å². The summed E-state index contributed by atoms with van der Waals surface area (Å²) >= 11 is 11.2. The van der Waals surface area contributed by atoms with Gasteiger partial charge in [-0.15, -0.1) is 0 Å². The van der Waals surface area contributed by atoms with Gasteiger partial charge in [0.15, 0.2) is 0 Å². The zero-order chi connectivity index (χ0) is 23.5. The Morgan fingerprint density at radius 1 is 0.970 bits per heavy atom. The van der Waals surface area contributed by atoms with Crippen molar-refractivity contribution in [2.24, 2.45) is 0 Å². The van der Waals surface area contributed by atoms with Crippen LogP contribution in [0.5, 0.6) is 5.75 Å². The van der Waals surface area contributed by atoms with Gasteiger partial charge in [0, 0.05) is 5.02 Å². The van der Waals surface area contributed by atoms with Gasteiger partial charge in [-0.05, 0) is 116 Å². The Morgan fingerprint density at radius 2 is 1.58 bits per heavy atom. The third-order valence-electron chi connectivity index (χ3n) is 4.74. The zero-order valence-electron chi connectivity index (χ0n) is 16.9. The Hall–Kier alpha value is -1.63. The highest BCUT2D eigenvalue weighted by Gasteiger charge is 2.35. The van der Waals surface area contributed by atoms with Crippen LogP contribution < -0.4 is 4.74 Å². The average Bonchev–Trinajstić information content (AvgIpc) is 3.03. The summed E-state index contributed by atoms with van der Waals surface area (Å²) in [5.74, 6) is 0.111. The van der Waals surface area contributed by atoms with Crippen molar-refractivity contribution in [3.8, 4) is 5.75 Å². The molecule has 0 unspecified atom stereocenters. The SMILES string of the molecule is O=C1S/C(=C\c2cc(I)c(OCc3ccc(F)cc3)c(I)c2)C(=O)N1Cc1ccc(Cl)cc1. The largest absolute Gasteiger partial charge is 0.487 e. The summed E-state index contributed by atoms with van der Waals surface area (Å²) in [5, 5.41) is 0.298. The van der Waals surface area contributed by atoms with Gasteiger partial charge in [-0.25, -0.2) is 4.39 Å². The fourth-order valence-electron chi connectivity index (χ4n) is 3.10. The molecule has 0 aliphatic carbocycles. The molecule has 0 N–H and O–H groups in total. The van der Waals surface area contributed by atoms with Crippen LogP contribution in [0.4, 0.5) is 9.18 Å². The first-order chi connectivity index (χ1) is 15.8. The molecule has 0 atom stereocenters. The van der Waals surface area contributed by atoms with Gasteiger partial charge in [0.1, 0.15) is 18.2 Å². The fourth-order valence-corrected chi connectivity index (χ4v) is 6.19. The number of amides is 2. The molecule has 0 aromatic heterocycles. The monoisotopic (exact) mass is 705 g/mol. The maximum Gasteiger partial charge on any atom is 0.293 e. The molecule has 1 aliphatic rings.